The first-order valence-corrected chi connectivity index (χ1v) is 9.50. The predicted molar refractivity (Wildman–Crippen MR) is 104 cm³/mol. The van der Waals surface area contributed by atoms with E-state index in [0.29, 0.717) is 12.2 Å². The van der Waals surface area contributed by atoms with E-state index in [1.807, 2.05) is 30.3 Å². The summed E-state index contributed by atoms with van der Waals surface area (Å²) in [7, 11) is 3.75. The smallest absolute Gasteiger partial charge is 0.303 e. The molecule has 2 heterocycles. The molecule has 0 unspecified atom stereocenters. The molecule has 0 spiro atoms. The number of hydrogen-bond donors (Lipinski definition) is 0. The predicted octanol–water partition coefficient (Wildman–Crippen LogP) is 3.65. The molecule has 0 bridgehead atoms. The molecule has 0 aliphatic carbocycles. The van der Waals surface area contributed by atoms with Crippen LogP contribution in [0.15, 0.2) is 36.4 Å². The van der Waals surface area contributed by atoms with Gasteiger partial charge in [-0.2, -0.15) is 0 Å². The lowest BCUT2D eigenvalue weighted by atomic mass is 9.87. The third kappa shape index (κ3) is 3.40. The summed E-state index contributed by atoms with van der Waals surface area (Å²) in [6.45, 7) is 2.56. The van der Waals surface area contributed by atoms with E-state index < -0.39 is 0 Å². The van der Waals surface area contributed by atoms with E-state index in [0.717, 1.165) is 35.6 Å². The molecule has 0 aromatic heterocycles. The normalized spacial score (nSPS) is 19.0. The van der Waals surface area contributed by atoms with Crippen LogP contribution in [-0.2, 0) is 16.0 Å². The van der Waals surface area contributed by atoms with Gasteiger partial charge in [-0.15, -0.1) is 0 Å². The molecule has 0 N–H and O–H groups in total. The van der Waals surface area contributed by atoms with Gasteiger partial charge >= 0.3 is 5.97 Å². The molecule has 6 heteroatoms. The fourth-order valence-electron chi connectivity index (χ4n) is 4.15. The zero-order chi connectivity index (χ0) is 19.7. The average molecular weight is 383 g/mol. The second-order valence-corrected chi connectivity index (χ2v) is 7.21. The maximum atomic E-state index is 11.8. The summed E-state index contributed by atoms with van der Waals surface area (Å²) in [6, 6.07) is 12.0. The summed E-state index contributed by atoms with van der Waals surface area (Å²) < 4.78 is 22.7. The summed E-state index contributed by atoms with van der Waals surface area (Å²) in [6.07, 6.45) is 1.19. The molecule has 2 aliphatic rings. The van der Waals surface area contributed by atoms with E-state index in [2.05, 4.69) is 18.0 Å². The van der Waals surface area contributed by atoms with E-state index in [4.69, 9.17) is 18.9 Å². The Balaban J connectivity index is 1.74. The molecule has 0 saturated carbocycles. The maximum Gasteiger partial charge on any atom is 0.303 e. The van der Waals surface area contributed by atoms with Crippen LogP contribution in [0, 0.1) is 0 Å². The number of benzene rings is 2. The van der Waals surface area contributed by atoms with Crippen molar-refractivity contribution in [2.75, 3.05) is 27.5 Å². The van der Waals surface area contributed by atoms with Gasteiger partial charge in [-0.25, -0.2) is 0 Å². The van der Waals surface area contributed by atoms with Crippen molar-refractivity contribution in [3.63, 3.8) is 0 Å². The van der Waals surface area contributed by atoms with Gasteiger partial charge in [-0.05, 0) is 30.7 Å². The lowest BCUT2D eigenvalue weighted by Crippen LogP contribution is -2.34. The van der Waals surface area contributed by atoms with E-state index >= 15 is 0 Å². The van der Waals surface area contributed by atoms with Crippen molar-refractivity contribution in [3.8, 4) is 17.2 Å². The monoisotopic (exact) mass is 383 g/mol. The highest BCUT2D eigenvalue weighted by molar-refractivity contribution is 5.66. The number of nitrogens with zero attached hydrogens (tertiary/aromatic N) is 1. The minimum Gasteiger partial charge on any atom is -0.492 e. The zero-order valence-corrected chi connectivity index (χ0v) is 16.4. The largest absolute Gasteiger partial charge is 0.492 e. The highest BCUT2D eigenvalue weighted by Gasteiger charge is 2.36. The van der Waals surface area contributed by atoms with Crippen LogP contribution < -0.4 is 14.2 Å². The fourth-order valence-corrected chi connectivity index (χ4v) is 4.15. The summed E-state index contributed by atoms with van der Waals surface area (Å²) in [5.41, 5.74) is 3.27. The lowest BCUT2D eigenvalue weighted by molar-refractivity contribution is -0.147. The second kappa shape index (κ2) is 7.72. The quantitative estimate of drug-likeness (QED) is 0.735. The van der Waals surface area contributed by atoms with Crippen LogP contribution in [0.1, 0.15) is 42.2 Å². The number of rotatable bonds is 5. The van der Waals surface area contributed by atoms with E-state index in [-0.39, 0.29) is 24.9 Å². The molecule has 0 radical (unpaired) electrons. The molecule has 4 rings (SSSR count). The van der Waals surface area contributed by atoms with Gasteiger partial charge in [0.2, 0.25) is 12.5 Å². The molecular weight excluding hydrogens is 358 g/mol. The van der Waals surface area contributed by atoms with Gasteiger partial charge in [0.25, 0.3) is 0 Å². The topological polar surface area (TPSA) is 57.2 Å². The summed E-state index contributed by atoms with van der Waals surface area (Å²) in [5, 5.41) is 0. The SMILES string of the molecule is COc1c2c(cc3c1[C@@H](C[C@@H](OC(C)=O)c1ccccc1)N(C)CC3)OCO2. The first kappa shape index (κ1) is 18.6. The van der Waals surface area contributed by atoms with Crippen molar-refractivity contribution in [3.05, 3.63) is 53.1 Å². The Kier molecular flexibility index (Phi) is 5.13. The zero-order valence-electron chi connectivity index (χ0n) is 16.4. The lowest BCUT2D eigenvalue weighted by Gasteiger charge is -2.37. The molecule has 0 fully saturated rings. The van der Waals surface area contributed by atoms with Crippen LogP contribution in [0.2, 0.25) is 0 Å². The molecular formula is C22H25NO5. The van der Waals surface area contributed by atoms with Crippen LogP contribution in [0.3, 0.4) is 0 Å². The molecule has 2 atom stereocenters. The van der Waals surface area contributed by atoms with Gasteiger partial charge < -0.3 is 18.9 Å². The van der Waals surface area contributed by atoms with Crippen LogP contribution in [0.4, 0.5) is 0 Å². The third-order valence-corrected chi connectivity index (χ3v) is 5.46. The number of methoxy groups -OCH3 is 1. The molecule has 0 amide bonds. The van der Waals surface area contributed by atoms with E-state index in [1.54, 1.807) is 7.11 Å². The molecule has 2 aliphatic heterocycles. The highest BCUT2D eigenvalue weighted by Crippen LogP contribution is 2.51. The molecule has 28 heavy (non-hydrogen) atoms. The molecule has 2 aromatic carbocycles. The van der Waals surface area contributed by atoms with Gasteiger partial charge in [0, 0.05) is 31.5 Å². The van der Waals surface area contributed by atoms with Crippen molar-refractivity contribution < 1.29 is 23.7 Å². The number of esters is 1. The van der Waals surface area contributed by atoms with Crippen LogP contribution in [0.5, 0.6) is 17.2 Å². The number of carbonyl (C=O) groups excluding carboxylic acids is 1. The third-order valence-electron chi connectivity index (χ3n) is 5.46. The van der Waals surface area contributed by atoms with Crippen molar-refractivity contribution in [1.82, 2.24) is 4.90 Å². The van der Waals surface area contributed by atoms with Gasteiger partial charge in [0.15, 0.2) is 11.5 Å². The number of ether oxygens (including phenoxy) is 4. The maximum absolute atomic E-state index is 11.8. The first-order valence-electron chi connectivity index (χ1n) is 9.50. The van der Waals surface area contributed by atoms with E-state index in [9.17, 15) is 4.79 Å². The van der Waals surface area contributed by atoms with Crippen molar-refractivity contribution in [2.24, 2.45) is 0 Å². The summed E-state index contributed by atoms with van der Waals surface area (Å²) in [5.74, 6) is 1.82. The first-order chi connectivity index (χ1) is 13.6. The molecule has 2 aromatic rings. The fraction of sp³-hybridized carbons (Fsp3) is 0.409. The van der Waals surface area contributed by atoms with Crippen LogP contribution in [-0.4, -0.2) is 38.4 Å². The Labute approximate surface area is 165 Å². The minimum absolute atomic E-state index is 0.0257. The summed E-state index contributed by atoms with van der Waals surface area (Å²) >= 11 is 0. The Bertz CT molecular complexity index is 867. The number of fused-ring (bicyclic) bond motifs is 2. The Morgan fingerprint density at radius 3 is 2.79 bits per heavy atom. The molecule has 6 nitrogen and oxygen atoms in total. The Morgan fingerprint density at radius 2 is 2.07 bits per heavy atom. The van der Waals surface area contributed by atoms with Gasteiger partial charge in [-0.3, -0.25) is 9.69 Å². The molecule has 148 valence electrons. The van der Waals surface area contributed by atoms with Gasteiger partial charge in [-0.1, -0.05) is 30.3 Å². The van der Waals surface area contributed by atoms with Crippen molar-refractivity contribution >= 4 is 5.97 Å². The van der Waals surface area contributed by atoms with Crippen molar-refractivity contribution in [2.45, 2.75) is 31.9 Å². The number of carbonyl (C=O) groups is 1. The van der Waals surface area contributed by atoms with Gasteiger partial charge in [0.05, 0.1) is 7.11 Å². The van der Waals surface area contributed by atoms with Crippen LogP contribution >= 0.6 is 0 Å². The second-order valence-electron chi connectivity index (χ2n) is 7.21. The average Bonchev–Trinajstić information content (AvgIpc) is 3.16. The van der Waals surface area contributed by atoms with Crippen LogP contribution in [0.25, 0.3) is 0 Å². The standard InChI is InChI=1S/C22H25NO5/c1-14(24)28-18(15-7-5-4-6-8-15)12-17-20-16(9-10-23(17)2)11-19-21(22(20)25-3)27-13-26-19/h4-8,11,17-18H,9-10,12-13H2,1-3H3/t17-,18-/m1/s1. The van der Waals surface area contributed by atoms with Crippen molar-refractivity contribution in [1.29, 1.82) is 0 Å². The Morgan fingerprint density at radius 1 is 1.29 bits per heavy atom. The molecule has 0 saturated heterocycles. The Hall–Kier alpha value is -2.73. The van der Waals surface area contributed by atoms with Gasteiger partial charge in [0.1, 0.15) is 6.10 Å². The highest BCUT2D eigenvalue weighted by atomic mass is 16.7. The number of hydrogen-bond acceptors (Lipinski definition) is 6. The minimum atomic E-state index is -0.341. The number of likely N-dealkylation sites (N-methyl/N-ethyl adjacent to an activating group) is 1. The summed E-state index contributed by atoms with van der Waals surface area (Å²) in [4.78, 5) is 14.1. The van der Waals surface area contributed by atoms with E-state index in [1.165, 1.54) is 12.5 Å².